The minimum atomic E-state index is -0.516. The molecule has 0 amide bonds. The lowest BCUT2D eigenvalue weighted by Gasteiger charge is -2.01. The minimum absolute atomic E-state index is 0.151. The summed E-state index contributed by atoms with van der Waals surface area (Å²) < 4.78 is 6.61. The van der Waals surface area contributed by atoms with Gasteiger partial charge in [0, 0.05) is 0 Å². The second-order valence-corrected chi connectivity index (χ2v) is 3.56. The highest BCUT2D eigenvalue weighted by atomic mass is 16.6. The van der Waals surface area contributed by atoms with E-state index in [9.17, 15) is 10.1 Å². The van der Waals surface area contributed by atoms with Crippen LogP contribution in [0.2, 0.25) is 0 Å². The van der Waals surface area contributed by atoms with E-state index >= 15 is 0 Å². The Morgan fingerprint density at radius 3 is 2.67 bits per heavy atom. The van der Waals surface area contributed by atoms with Crippen molar-refractivity contribution < 1.29 is 9.66 Å². The van der Waals surface area contributed by atoms with Crippen LogP contribution in [-0.4, -0.2) is 14.7 Å². The number of nitrogens with zero attached hydrogens (tertiary/aromatic N) is 3. The van der Waals surface area contributed by atoms with E-state index in [1.165, 1.54) is 17.0 Å². The SMILES string of the molecule is C=COc1ccc(Cn2ccc([N+](=O)[O-])n2)cc1. The maximum Gasteiger partial charge on any atom is 0.389 e. The van der Waals surface area contributed by atoms with Crippen LogP contribution in [0, 0.1) is 10.1 Å². The van der Waals surface area contributed by atoms with Gasteiger partial charge in [0.05, 0.1) is 30.2 Å². The zero-order valence-electron chi connectivity index (χ0n) is 9.52. The van der Waals surface area contributed by atoms with Gasteiger partial charge in [-0.25, -0.2) is 0 Å². The van der Waals surface area contributed by atoms with Gasteiger partial charge in [0.25, 0.3) is 0 Å². The van der Waals surface area contributed by atoms with Crippen molar-refractivity contribution in [3.8, 4) is 5.75 Å². The molecular formula is C12H11N3O3. The van der Waals surface area contributed by atoms with E-state index in [-0.39, 0.29) is 5.82 Å². The second-order valence-electron chi connectivity index (χ2n) is 3.56. The van der Waals surface area contributed by atoms with Crippen molar-refractivity contribution in [3.63, 3.8) is 0 Å². The molecule has 18 heavy (non-hydrogen) atoms. The number of hydrogen-bond donors (Lipinski definition) is 0. The molecule has 0 aliphatic rings. The first-order valence-corrected chi connectivity index (χ1v) is 5.23. The molecule has 0 aliphatic carbocycles. The molecule has 0 unspecified atom stereocenters. The normalized spacial score (nSPS) is 10.0. The molecule has 0 saturated carbocycles. The first kappa shape index (κ1) is 11.8. The van der Waals surface area contributed by atoms with Gasteiger partial charge in [0.2, 0.25) is 0 Å². The van der Waals surface area contributed by atoms with E-state index in [1.54, 1.807) is 18.3 Å². The van der Waals surface area contributed by atoms with Crippen LogP contribution in [0.25, 0.3) is 0 Å². The van der Waals surface area contributed by atoms with Gasteiger partial charge in [-0.15, -0.1) is 0 Å². The van der Waals surface area contributed by atoms with Gasteiger partial charge >= 0.3 is 5.82 Å². The minimum Gasteiger partial charge on any atom is -0.466 e. The molecule has 0 spiro atoms. The van der Waals surface area contributed by atoms with E-state index in [2.05, 4.69) is 11.7 Å². The van der Waals surface area contributed by atoms with Crippen molar-refractivity contribution in [2.45, 2.75) is 6.54 Å². The number of aromatic nitrogens is 2. The summed E-state index contributed by atoms with van der Waals surface area (Å²) in [5, 5.41) is 14.3. The summed E-state index contributed by atoms with van der Waals surface area (Å²) in [4.78, 5) is 9.97. The smallest absolute Gasteiger partial charge is 0.389 e. The number of rotatable bonds is 5. The van der Waals surface area contributed by atoms with Crippen molar-refractivity contribution in [3.05, 3.63) is 65.0 Å². The predicted molar refractivity (Wildman–Crippen MR) is 65.3 cm³/mol. The maximum atomic E-state index is 10.5. The van der Waals surface area contributed by atoms with Crippen molar-refractivity contribution in [2.24, 2.45) is 0 Å². The fourth-order valence-corrected chi connectivity index (χ4v) is 1.49. The molecule has 1 aromatic heterocycles. The third-order valence-corrected chi connectivity index (χ3v) is 2.30. The molecule has 0 aliphatic heterocycles. The van der Waals surface area contributed by atoms with Gasteiger partial charge in [-0.1, -0.05) is 18.7 Å². The van der Waals surface area contributed by atoms with Crippen LogP contribution in [0.4, 0.5) is 5.82 Å². The molecule has 6 nitrogen and oxygen atoms in total. The first-order valence-electron chi connectivity index (χ1n) is 5.23. The predicted octanol–water partition coefficient (Wildman–Crippen LogP) is 2.36. The van der Waals surface area contributed by atoms with Crippen LogP contribution in [0.3, 0.4) is 0 Å². The Bertz CT molecular complexity index is 560. The summed E-state index contributed by atoms with van der Waals surface area (Å²) in [6.45, 7) is 3.94. The van der Waals surface area contributed by atoms with Gasteiger partial charge in [-0.05, 0) is 22.6 Å². The average Bonchev–Trinajstić information content (AvgIpc) is 2.81. The van der Waals surface area contributed by atoms with Crippen molar-refractivity contribution in [2.75, 3.05) is 0 Å². The highest BCUT2D eigenvalue weighted by Gasteiger charge is 2.10. The lowest BCUT2D eigenvalue weighted by Crippen LogP contribution is -2.01. The molecule has 92 valence electrons. The van der Waals surface area contributed by atoms with Crippen LogP contribution < -0.4 is 4.74 Å². The molecule has 1 aromatic carbocycles. The summed E-state index contributed by atoms with van der Waals surface area (Å²) in [5.41, 5.74) is 0.976. The van der Waals surface area contributed by atoms with Crippen LogP contribution in [0.5, 0.6) is 5.75 Å². The molecule has 0 bridgehead atoms. The van der Waals surface area contributed by atoms with Gasteiger partial charge in [0.15, 0.2) is 0 Å². The highest BCUT2D eigenvalue weighted by Crippen LogP contribution is 2.14. The Morgan fingerprint density at radius 2 is 2.11 bits per heavy atom. The molecule has 1 heterocycles. The molecule has 2 rings (SSSR count). The second kappa shape index (κ2) is 5.13. The van der Waals surface area contributed by atoms with Gasteiger partial charge in [-0.2, -0.15) is 4.68 Å². The molecule has 0 fully saturated rings. The third-order valence-electron chi connectivity index (χ3n) is 2.30. The van der Waals surface area contributed by atoms with Crippen LogP contribution in [-0.2, 0) is 6.54 Å². The molecule has 6 heteroatoms. The lowest BCUT2D eigenvalue weighted by molar-refractivity contribution is -0.389. The number of hydrogen-bond acceptors (Lipinski definition) is 4. The van der Waals surface area contributed by atoms with Gasteiger partial charge < -0.3 is 14.9 Å². The molecule has 0 atom stereocenters. The van der Waals surface area contributed by atoms with E-state index < -0.39 is 4.92 Å². The van der Waals surface area contributed by atoms with Crippen LogP contribution in [0.15, 0.2) is 49.4 Å². The van der Waals surface area contributed by atoms with E-state index in [0.717, 1.165) is 5.56 Å². The molecule has 0 saturated heterocycles. The Balaban J connectivity index is 2.08. The Labute approximate surface area is 103 Å². The fourth-order valence-electron chi connectivity index (χ4n) is 1.49. The van der Waals surface area contributed by atoms with Crippen molar-refractivity contribution >= 4 is 5.82 Å². The monoisotopic (exact) mass is 245 g/mol. The van der Waals surface area contributed by atoms with E-state index in [4.69, 9.17) is 4.74 Å². The largest absolute Gasteiger partial charge is 0.466 e. The summed E-state index contributed by atoms with van der Waals surface area (Å²) >= 11 is 0. The molecular weight excluding hydrogens is 234 g/mol. The fraction of sp³-hybridized carbons (Fsp3) is 0.0833. The molecule has 2 aromatic rings. The Kier molecular flexibility index (Phi) is 3.38. The summed E-state index contributed by atoms with van der Waals surface area (Å²) in [6.07, 6.45) is 2.93. The summed E-state index contributed by atoms with van der Waals surface area (Å²) in [5.74, 6) is 0.543. The average molecular weight is 245 g/mol. The number of benzene rings is 1. The zero-order valence-corrected chi connectivity index (χ0v) is 9.52. The topological polar surface area (TPSA) is 70.2 Å². The standard InChI is InChI=1S/C12H11N3O3/c1-2-18-11-5-3-10(4-6-11)9-14-8-7-12(13-14)15(16)17/h2-8H,1,9H2. The third kappa shape index (κ3) is 2.73. The van der Waals surface area contributed by atoms with Crippen molar-refractivity contribution in [1.29, 1.82) is 0 Å². The zero-order chi connectivity index (χ0) is 13.0. The van der Waals surface area contributed by atoms with Crippen LogP contribution in [0.1, 0.15) is 5.56 Å². The van der Waals surface area contributed by atoms with Gasteiger partial charge in [0.1, 0.15) is 5.75 Å². The van der Waals surface area contributed by atoms with Gasteiger partial charge in [-0.3, -0.25) is 0 Å². The summed E-state index contributed by atoms with van der Waals surface area (Å²) in [6, 6.07) is 8.71. The molecule has 0 radical (unpaired) electrons. The quantitative estimate of drug-likeness (QED) is 0.460. The van der Waals surface area contributed by atoms with E-state index in [0.29, 0.717) is 12.3 Å². The Morgan fingerprint density at radius 1 is 1.39 bits per heavy atom. The Hall–Kier alpha value is -2.63. The van der Waals surface area contributed by atoms with E-state index in [1.807, 2.05) is 12.1 Å². The first-order chi connectivity index (χ1) is 8.69. The van der Waals surface area contributed by atoms with Crippen molar-refractivity contribution in [1.82, 2.24) is 9.78 Å². The highest BCUT2D eigenvalue weighted by molar-refractivity contribution is 5.28. The number of ether oxygens (including phenoxy) is 1. The van der Waals surface area contributed by atoms with Crippen LogP contribution >= 0.6 is 0 Å². The maximum absolute atomic E-state index is 10.5. The lowest BCUT2D eigenvalue weighted by atomic mass is 10.2. The summed E-state index contributed by atoms with van der Waals surface area (Å²) in [7, 11) is 0. The number of nitro groups is 1. The molecule has 0 N–H and O–H groups in total.